The smallest absolute Gasteiger partial charge is 0.344 e. The summed E-state index contributed by atoms with van der Waals surface area (Å²) in [4.78, 5) is 39.0. The second kappa shape index (κ2) is 11.7. The number of aromatic nitrogens is 1. The number of esters is 2. The molecule has 0 unspecified atom stereocenters. The zero-order valence-electron chi connectivity index (χ0n) is 18.4. The quantitative estimate of drug-likeness (QED) is 0.388. The highest BCUT2D eigenvalue weighted by Gasteiger charge is 2.20. The number of rotatable bonds is 11. The normalized spacial score (nSPS) is 10.9. The van der Waals surface area contributed by atoms with Crippen LogP contribution in [-0.4, -0.2) is 60.0 Å². The first-order chi connectivity index (χ1) is 14.8. The summed E-state index contributed by atoms with van der Waals surface area (Å²) in [7, 11) is 1.72. The van der Waals surface area contributed by atoms with Crippen molar-refractivity contribution in [2.75, 3.05) is 32.8 Å². The molecule has 1 aromatic heterocycles. The van der Waals surface area contributed by atoms with Crippen LogP contribution in [0.25, 0.3) is 0 Å². The van der Waals surface area contributed by atoms with Gasteiger partial charge in [-0.05, 0) is 55.9 Å². The van der Waals surface area contributed by atoms with Crippen LogP contribution < -0.4 is 0 Å². The predicted molar refractivity (Wildman–Crippen MR) is 118 cm³/mol. The zero-order valence-corrected chi connectivity index (χ0v) is 19.2. The Balaban J connectivity index is 1.91. The number of benzene rings is 1. The maximum atomic E-state index is 12.9. The van der Waals surface area contributed by atoms with E-state index in [1.807, 2.05) is 20.8 Å². The molecule has 7 nitrogen and oxygen atoms in total. The lowest BCUT2D eigenvalue weighted by Gasteiger charge is -2.17. The lowest BCUT2D eigenvalue weighted by molar-refractivity contribution is -0.158. The van der Waals surface area contributed by atoms with Crippen molar-refractivity contribution in [2.45, 2.75) is 27.2 Å². The summed E-state index contributed by atoms with van der Waals surface area (Å²) < 4.78 is 11.8. The molecule has 8 heteroatoms. The van der Waals surface area contributed by atoms with Gasteiger partial charge < -0.3 is 18.9 Å². The van der Waals surface area contributed by atoms with Crippen LogP contribution in [0.1, 0.15) is 41.2 Å². The van der Waals surface area contributed by atoms with Crippen molar-refractivity contribution in [3.8, 4) is 0 Å². The minimum atomic E-state index is -0.581. The van der Waals surface area contributed by atoms with Crippen molar-refractivity contribution in [1.82, 2.24) is 9.47 Å². The van der Waals surface area contributed by atoms with Crippen LogP contribution in [0.5, 0.6) is 0 Å². The first-order valence-electron chi connectivity index (χ1n) is 10.3. The lowest BCUT2D eigenvalue weighted by Crippen LogP contribution is -2.28. The topological polar surface area (TPSA) is 77.8 Å². The third-order valence-corrected chi connectivity index (χ3v) is 5.34. The first-order valence-corrected chi connectivity index (χ1v) is 10.6. The zero-order chi connectivity index (χ0) is 23.0. The van der Waals surface area contributed by atoms with Gasteiger partial charge in [-0.2, -0.15) is 0 Å². The van der Waals surface area contributed by atoms with Gasteiger partial charge in [-0.1, -0.05) is 25.4 Å². The number of hydrogen-bond acceptors (Lipinski definition) is 6. The van der Waals surface area contributed by atoms with Gasteiger partial charge in [0.25, 0.3) is 0 Å². The minimum absolute atomic E-state index is 0.0576. The molecule has 1 aromatic carbocycles. The number of hydrogen-bond donors (Lipinski definition) is 0. The van der Waals surface area contributed by atoms with E-state index in [9.17, 15) is 14.4 Å². The number of carbonyl (C=O) groups is 3. The molecule has 0 radical (unpaired) electrons. The van der Waals surface area contributed by atoms with Crippen LogP contribution in [0.3, 0.4) is 0 Å². The van der Waals surface area contributed by atoms with Gasteiger partial charge >= 0.3 is 11.9 Å². The van der Waals surface area contributed by atoms with Crippen LogP contribution in [0.4, 0.5) is 0 Å². The van der Waals surface area contributed by atoms with Gasteiger partial charge in [0.05, 0.1) is 12.1 Å². The van der Waals surface area contributed by atoms with Crippen molar-refractivity contribution >= 4 is 29.3 Å². The summed E-state index contributed by atoms with van der Waals surface area (Å²) in [6, 6.07) is 8.42. The van der Waals surface area contributed by atoms with Gasteiger partial charge in [0.1, 0.15) is 6.61 Å². The van der Waals surface area contributed by atoms with Gasteiger partial charge in [-0.15, -0.1) is 0 Å². The molecule has 2 aromatic rings. The van der Waals surface area contributed by atoms with E-state index in [0.29, 0.717) is 28.5 Å². The predicted octanol–water partition coefficient (Wildman–Crippen LogP) is 3.19. The molecule has 2 rings (SSSR count). The molecule has 0 spiro atoms. The highest BCUT2D eigenvalue weighted by molar-refractivity contribution is 6.30. The monoisotopic (exact) mass is 448 g/mol. The molecular formula is C23H29ClN2O5. The molecule has 31 heavy (non-hydrogen) atoms. The standard InChI is InChI=1S/C23H29ClN2O5/c1-5-26(6-2)11-12-30-21(28)15-31-20(27)14-19-13-16(3)22(25(19)4)23(29)17-7-9-18(24)10-8-17/h7-10,13H,5-6,11-12,14-15H2,1-4H3. The Hall–Kier alpha value is -2.64. The van der Waals surface area contributed by atoms with Crippen molar-refractivity contribution in [3.63, 3.8) is 0 Å². The van der Waals surface area contributed by atoms with E-state index in [0.717, 1.165) is 18.7 Å². The van der Waals surface area contributed by atoms with Crippen LogP contribution in [0, 0.1) is 6.92 Å². The molecule has 0 saturated carbocycles. The van der Waals surface area contributed by atoms with Crippen molar-refractivity contribution < 1.29 is 23.9 Å². The van der Waals surface area contributed by atoms with Crippen LogP contribution >= 0.6 is 11.6 Å². The minimum Gasteiger partial charge on any atom is -0.462 e. The molecule has 0 aliphatic heterocycles. The molecule has 0 aliphatic rings. The average Bonchev–Trinajstić information content (AvgIpc) is 3.02. The Morgan fingerprint density at radius 2 is 1.68 bits per heavy atom. The summed E-state index contributed by atoms with van der Waals surface area (Å²) in [5.74, 6) is -1.30. The first kappa shape index (κ1) is 24.6. The maximum Gasteiger partial charge on any atom is 0.344 e. The Morgan fingerprint density at radius 1 is 1.03 bits per heavy atom. The number of carbonyl (C=O) groups excluding carboxylic acids is 3. The number of halogens is 1. The summed E-state index contributed by atoms with van der Waals surface area (Å²) in [5, 5.41) is 0.551. The van der Waals surface area contributed by atoms with Crippen molar-refractivity contribution in [3.05, 3.63) is 57.9 Å². The van der Waals surface area contributed by atoms with Gasteiger partial charge in [0.2, 0.25) is 5.78 Å². The summed E-state index contributed by atoms with van der Waals surface area (Å²) >= 11 is 5.89. The van der Waals surface area contributed by atoms with Crippen molar-refractivity contribution in [1.29, 1.82) is 0 Å². The number of ketones is 1. The number of aryl methyl sites for hydroxylation is 1. The molecule has 0 bridgehead atoms. The Morgan fingerprint density at radius 3 is 2.29 bits per heavy atom. The fraction of sp³-hybridized carbons (Fsp3) is 0.435. The SMILES string of the molecule is CCN(CC)CCOC(=O)COC(=O)Cc1cc(C)c(C(=O)c2ccc(Cl)cc2)n1C. The second-order valence-electron chi connectivity index (χ2n) is 7.15. The van der Waals surface area contributed by atoms with Crippen LogP contribution in [0.15, 0.2) is 30.3 Å². The van der Waals surface area contributed by atoms with Gasteiger partial charge in [0.15, 0.2) is 6.61 Å². The molecule has 168 valence electrons. The molecular weight excluding hydrogens is 420 g/mol. The molecule has 0 amide bonds. The van der Waals surface area contributed by atoms with E-state index in [1.165, 1.54) is 0 Å². The van der Waals surface area contributed by atoms with E-state index in [4.69, 9.17) is 21.1 Å². The third-order valence-electron chi connectivity index (χ3n) is 5.09. The molecule has 0 N–H and O–H groups in total. The third kappa shape index (κ3) is 6.94. The van der Waals surface area contributed by atoms with Crippen molar-refractivity contribution in [2.24, 2.45) is 7.05 Å². The summed E-state index contributed by atoms with van der Waals surface area (Å²) in [5.41, 5.74) is 2.37. The summed E-state index contributed by atoms with van der Waals surface area (Å²) in [6.45, 7) is 8.09. The number of ether oxygens (including phenoxy) is 2. The Kier molecular flexibility index (Phi) is 9.27. The van der Waals surface area contributed by atoms with Gasteiger partial charge in [-0.25, -0.2) is 4.79 Å². The van der Waals surface area contributed by atoms with Crippen LogP contribution in [0.2, 0.25) is 5.02 Å². The average molecular weight is 449 g/mol. The van der Waals surface area contributed by atoms with Crippen LogP contribution in [-0.2, 0) is 32.5 Å². The number of likely N-dealkylation sites (N-methyl/N-ethyl adjacent to an activating group) is 1. The van der Waals surface area contributed by atoms with E-state index >= 15 is 0 Å². The van der Waals surface area contributed by atoms with E-state index < -0.39 is 18.5 Å². The number of nitrogens with zero attached hydrogens (tertiary/aromatic N) is 2. The lowest BCUT2D eigenvalue weighted by atomic mass is 10.1. The second-order valence-corrected chi connectivity index (χ2v) is 7.58. The largest absolute Gasteiger partial charge is 0.462 e. The Labute approximate surface area is 187 Å². The molecule has 1 heterocycles. The van der Waals surface area contributed by atoms with Gasteiger partial charge in [0, 0.05) is 29.9 Å². The molecule has 0 saturated heterocycles. The Bertz CT molecular complexity index is 917. The molecule has 0 fully saturated rings. The van der Waals surface area contributed by atoms with Gasteiger partial charge in [-0.3, -0.25) is 9.59 Å². The highest BCUT2D eigenvalue weighted by Crippen LogP contribution is 2.20. The van der Waals surface area contributed by atoms with E-state index in [2.05, 4.69) is 4.90 Å². The van der Waals surface area contributed by atoms with E-state index in [-0.39, 0.29) is 18.8 Å². The maximum absolute atomic E-state index is 12.9. The molecule has 0 aliphatic carbocycles. The summed E-state index contributed by atoms with van der Waals surface area (Å²) in [6.07, 6.45) is -0.0576. The highest BCUT2D eigenvalue weighted by atomic mass is 35.5. The fourth-order valence-corrected chi connectivity index (χ4v) is 3.40. The fourth-order valence-electron chi connectivity index (χ4n) is 3.27. The molecule has 0 atom stereocenters. The van der Waals surface area contributed by atoms with E-state index in [1.54, 1.807) is 41.9 Å².